The minimum Gasteiger partial charge on any atom is -0.476 e. The molecule has 0 saturated heterocycles. The zero-order valence-electron chi connectivity index (χ0n) is 10.8. The van der Waals surface area contributed by atoms with Crippen molar-refractivity contribution >= 4 is 17.7 Å². The summed E-state index contributed by atoms with van der Waals surface area (Å²) < 4.78 is 15.4. The second-order valence-electron chi connectivity index (χ2n) is 4.15. The Balaban J connectivity index is 2.61. The molecule has 100 valence electrons. The number of rotatable bonds is 3. The Hall–Kier alpha value is -1.82. The van der Waals surface area contributed by atoms with Crippen LogP contribution in [0.3, 0.4) is 0 Å². The van der Waals surface area contributed by atoms with Gasteiger partial charge in [-0.2, -0.15) is 5.10 Å². The van der Waals surface area contributed by atoms with Crippen LogP contribution in [0.4, 0.5) is 4.39 Å². The zero-order valence-corrected chi connectivity index (χ0v) is 11.6. The standard InChI is InChI=1S/C13H13FN2O2S/c1-7-4-9(14)8(5-12(7)19-3)11-6-10(13(17)18)15-16(11)2/h4-6H,1-3H3,(H,17,18). The summed E-state index contributed by atoms with van der Waals surface area (Å²) in [6.45, 7) is 1.84. The molecule has 1 heterocycles. The van der Waals surface area contributed by atoms with Crippen molar-refractivity contribution < 1.29 is 14.3 Å². The van der Waals surface area contributed by atoms with E-state index in [0.717, 1.165) is 10.5 Å². The SMILES string of the molecule is CSc1cc(-c2cc(C(=O)O)nn2C)c(F)cc1C. The third-order valence-electron chi connectivity index (χ3n) is 2.86. The van der Waals surface area contributed by atoms with Gasteiger partial charge in [0.05, 0.1) is 5.69 Å². The second-order valence-corrected chi connectivity index (χ2v) is 4.99. The average Bonchev–Trinajstić information content (AvgIpc) is 2.72. The number of thioether (sulfide) groups is 1. The maximum absolute atomic E-state index is 14.0. The monoisotopic (exact) mass is 280 g/mol. The number of carboxylic acid groups (broad SMARTS) is 1. The molecule has 0 amide bonds. The first kappa shape index (κ1) is 13.6. The van der Waals surface area contributed by atoms with Crippen LogP contribution in [0.5, 0.6) is 0 Å². The van der Waals surface area contributed by atoms with E-state index in [1.165, 1.54) is 28.6 Å². The number of aromatic nitrogens is 2. The molecule has 0 spiro atoms. The highest BCUT2D eigenvalue weighted by Gasteiger charge is 2.16. The van der Waals surface area contributed by atoms with Crippen LogP contribution in [0.15, 0.2) is 23.1 Å². The third kappa shape index (κ3) is 2.49. The van der Waals surface area contributed by atoms with E-state index in [9.17, 15) is 9.18 Å². The van der Waals surface area contributed by atoms with Crippen molar-refractivity contribution in [3.05, 3.63) is 35.3 Å². The minimum atomic E-state index is -1.13. The van der Waals surface area contributed by atoms with E-state index < -0.39 is 5.97 Å². The molecule has 0 unspecified atom stereocenters. The number of hydrogen-bond donors (Lipinski definition) is 1. The molecule has 4 nitrogen and oxygen atoms in total. The molecule has 0 atom stereocenters. The fourth-order valence-corrected chi connectivity index (χ4v) is 2.51. The molecule has 2 rings (SSSR count). The number of benzene rings is 1. The van der Waals surface area contributed by atoms with Gasteiger partial charge in [-0.25, -0.2) is 9.18 Å². The van der Waals surface area contributed by atoms with Gasteiger partial charge in [-0.1, -0.05) is 0 Å². The third-order valence-corrected chi connectivity index (χ3v) is 3.74. The van der Waals surface area contributed by atoms with Crippen molar-refractivity contribution in [2.24, 2.45) is 7.05 Å². The molecule has 0 bridgehead atoms. The van der Waals surface area contributed by atoms with Crippen LogP contribution in [0.1, 0.15) is 16.1 Å². The van der Waals surface area contributed by atoms with Gasteiger partial charge >= 0.3 is 5.97 Å². The predicted molar refractivity (Wildman–Crippen MR) is 72.1 cm³/mol. The Morgan fingerprint density at radius 3 is 2.63 bits per heavy atom. The summed E-state index contributed by atoms with van der Waals surface area (Å²) in [4.78, 5) is 11.8. The molecular weight excluding hydrogens is 267 g/mol. The highest BCUT2D eigenvalue weighted by Crippen LogP contribution is 2.30. The number of hydrogen-bond acceptors (Lipinski definition) is 3. The Bertz CT molecular complexity index is 652. The average molecular weight is 280 g/mol. The lowest BCUT2D eigenvalue weighted by atomic mass is 10.1. The molecule has 0 saturated carbocycles. The Morgan fingerprint density at radius 2 is 2.11 bits per heavy atom. The Kier molecular flexibility index (Phi) is 3.61. The van der Waals surface area contributed by atoms with Crippen LogP contribution in [0, 0.1) is 12.7 Å². The number of nitrogens with zero attached hydrogens (tertiary/aromatic N) is 2. The van der Waals surface area contributed by atoms with Crippen molar-refractivity contribution in [3.8, 4) is 11.3 Å². The van der Waals surface area contributed by atoms with Gasteiger partial charge in [0.25, 0.3) is 0 Å². The van der Waals surface area contributed by atoms with E-state index in [2.05, 4.69) is 5.10 Å². The van der Waals surface area contributed by atoms with E-state index in [-0.39, 0.29) is 11.5 Å². The molecule has 1 aromatic heterocycles. The van der Waals surface area contributed by atoms with Gasteiger partial charge < -0.3 is 5.11 Å². The number of aromatic carboxylic acids is 1. The van der Waals surface area contributed by atoms with Gasteiger partial charge in [0.15, 0.2) is 5.69 Å². The largest absolute Gasteiger partial charge is 0.476 e. The molecule has 0 aliphatic heterocycles. The van der Waals surface area contributed by atoms with Gasteiger partial charge in [-0.15, -0.1) is 11.8 Å². The highest BCUT2D eigenvalue weighted by atomic mass is 32.2. The maximum Gasteiger partial charge on any atom is 0.356 e. The summed E-state index contributed by atoms with van der Waals surface area (Å²) >= 11 is 1.52. The Labute approximate surface area is 114 Å². The van der Waals surface area contributed by atoms with E-state index in [1.807, 2.05) is 13.2 Å². The summed E-state index contributed by atoms with van der Waals surface area (Å²) in [5.41, 5.74) is 1.57. The van der Waals surface area contributed by atoms with Crippen molar-refractivity contribution in [1.82, 2.24) is 9.78 Å². The normalized spacial score (nSPS) is 10.7. The molecule has 0 fully saturated rings. The van der Waals surface area contributed by atoms with Gasteiger partial charge in [-0.05, 0) is 36.9 Å². The van der Waals surface area contributed by atoms with E-state index >= 15 is 0 Å². The van der Waals surface area contributed by atoms with Crippen LogP contribution in [-0.4, -0.2) is 27.1 Å². The summed E-state index contributed by atoms with van der Waals surface area (Å²) in [6.07, 6.45) is 1.91. The first-order valence-corrected chi connectivity index (χ1v) is 6.78. The summed E-state index contributed by atoms with van der Waals surface area (Å²) in [6, 6.07) is 4.55. The van der Waals surface area contributed by atoms with Crippen molar-refractivity contribution in [2.45, 2.75) is 11.8 Å². The number of carboxylic acids is 1. The molecule has 2 aromatic rings. The first-order chi connectivity index (χ1) is 8.93. The maximum atomic E-state index is 14.0. The van der Waals surface area contributed by atoms with Crippen molar-refractivity contribution in [3.63, 3.8) is 0 Å². The van der Waals surface area contributed by atoms with Gasteiger partial charge in [0.2, 0.25) is 0 Å². The lowest BCUT2D eigenvalue weighted by Gasteiger charge is -2.08. The molecule has 1 aromatic carbocycles. The molecule has 0 aliphatic rings. The zero-order chi connectivity index (χ0) is 14.2. The van der Waals surface area contributed by atoms with E-state index in [0.29, 0.717) is 11.3 Å². The van der Waals surface area contributed by atoms with Crippen LogP contribution in [-0.2, 0) is 7.05 Å². The van der Waals surface area contributed by atoms with Crippen molar-refractivity contribution in [1.29, 1.82) is 0 Å². The molecule has 6 heteroatoms. The molecular formula is C13H13FN2O2S. The minimum absolute atomic E-state index is 0.0943. The van der Waals surface area contributed by atoms with Crippen LogP contribution < -0.4 is 0 Å². The lowest BCUT2D eigenvalue weighted by molar-refractivity contribution is 0.0689. The quantitative estimate of drug-likeness (QED) is 0.878. The fourth-order valence-electron chi connectivity index (χ4n) is 1.89. The highest BCUT2D eigenvalue weighted by molar-refractivity contribution is 7.98. The van der Waals surface area contributed by atoms with Gasteiger partial charge in [0.1, 0.15) is 5.82 Å². The number of carbonyl (C=O) groups is 1. The fraction of sp³-hybridized carbons (Fsp3) is 0.231. The lowest BCUT2D eigenvalue weighted by Crippen LogP contribution is -1.99. The Morgan fingerprint density at radius 1 is 1.42 bits per heavy atom. The first-order valence-electron chi connectivity index (χ1n) is 5.56. The van der Waals surface area contributed by atoms with Gasteiger partial charge in [0, 0.05) is 17.5 Å². The van der Waals surface area contributed by atoms with E-state index in [4.69, 9.17) is 5.11 Å². The number of aryl methyl sites for hydroxylation is 2. The van der Waals surface area contributed by atoms with E-state index in [1.54, 1.807) is 13.1 Å². The van der Waals surface area contributed by atoms with Crippen LogP contribution >= 0.6 is 11.8 Å². The molecule has 0 radical (unpaired) electrons. The predicted octanol–water partition coefficient (Wildman–Crippen LogP) is 2.95. The van der Waals surface area contributed by atoms with Crippen molar-refractivity contribution in [2.75, 3.05) is 6.26 Å². The van der Waals surface area contributed by atoms with Gasteiger partial charge in [-0.3, -0.25) is 4.68 Å². The molecule has 19 heavy (non-hydrogen) atoms. The summed E-state index contributed by atoms with van der Waals surface area (Å²) in [7, 11) is 1.60. The molecule has 1 N–H and O–H groups in total. The summed E-state index contributed by atoms with van der Waals surface area (Å²) in [5.74, 6) is -1.50. The van der Waals surface area contributed by atoms with Crippen LogP contribution in [0.2, 0.25) is 0 Å². The summed E-state index contributed by atoms with van der Waals surface area (Å²) in [5, 5.41) is 12.8. The second kappa shape index (κ2) is 5.05. The molecule has 0 aliphatic carbocycles. The number of halogens is 1. The van der Waals surface area contributed by atoms with Crippen LogP contribution in [0.25, 0.3) is 11.3 Å². The topological polar surface area (TPSA) is 55.1 Å². The smallest absolute Gasteiger partial charge is 0.356 e.